The summed E-state index contributed by atoms with van der Waals surface area (Å²) >= 11 is 0. The highest BCUT2D eigenvalue weighted by Gasteiger charge is 2.38. The fourth-order valence-corrected chi connectivity index (χ4v) is 3.44. The molecule has 0 spiro atoms. The van der Waals surface area contributed by atoms with Crippen molar-refractivity contribution in [2.45, 2.75) is 6.18 Å². The predicted molar refractivity (Wildman–Crippen MR) is 103 cm³/mol. The van der Waals surface area contributed by atoms with Crippen LogP contribution >= 0.6 is 0 Å². The Kier molecular flexibility index (Phi) is 4.99. The number of aromatic nitrogens is 1. The number of rotatable bonds is 3. The van der Waals surface area contributed by atoms with E-state index < -0.39 is 17.4 Å². The Morgan fingerprint density at radius 3 is 2.41 bits per heavy atom. The van der Waals surface area contributed by atoms with Crippen LogP contribution in [-0.2, 0) is 6.18 Å². The summed E-state index contributed by atoms with van der Waals surface area (Å²) in [5.74, 6) is 1.07. The van der Waals surface area contributed by atoms with Gasteiger partial charge < -0.3 is 15.0 Å². The van der Waals surface area contributed by atoms with E-state index in [1.165, 1.54) is 6.07 Å². The molecule has 4 rings (SSSR count). The minimum atomic E-state index is -4.72. The summed E-state index contributed by atoms with van der Waals surface area (Å²) in [6.07, 6.45) is -4.72. The minimum Gasteiger partial charge on any atom is -0.457 e. The third-order valence-corrected chi connectivity index (χ3v) is 4.72. The van der Waals surface area contributed by atoms with Crippen molar-refractivity contribution in [1.82, 2.24) is 10.3 Å². The number of pyridine rings is 1. The van der Waals surface area contributed by atoms with Crippen LogP contribution in [0.4, 0.5) is 18.9 Å². The topological polar surface area (TPSA) is 61.2 Å². The largest absolute Gasteiger partial charge is 0.457 e. The zero-order chi connectivity index (χ0) is 20.4. The average Bonchev–Trinajstić information content (AvgIpc) is 2.73. The number of halogens is 3. The first-order valence-corrected chi connectivity index (χ1v) is 9.11. The maximum absolute atomic E-state index is 13.6. The molecule has 2 heterocycles. The Bertz CT molecular complexity index is 1070. The Morgan fingerprint density at radius 2 is 1.76 bits per heavy atom. The second-order valence-electron chi connectivity index (χ2n) is 6.62. The van der Waals surface area contributed by atoms with Gasteiger partial charge in [0.25, 0.3) is 0 Å². The smallest absolute Gasteiger partial charge is 0.434 e. The molecule has 0 radical (unpaired) electrons. The van der Waals surface area contributed by atoms with Gasteiger partial charge in [0.1, 0.15) is 23.1 Å². The molecule has 29 heavy (non-hydrogen) atoms. The van der Waals surface area contributed by atoms with Crippen molar-refractivity contribution in [3.8, 4) is 17.6 Å². The van der Waals surface area contributed by atoms with Gasteiger partial charge in [0.2, 0.25) is 0 Å². The van der Waals surface area contributed by atoms with Gasteiger partial charge in [0.05, 0.1) is 11.2 Å². The van der Waals surface area contributed by atoms with Gasteiger partial charge in [0, 0.05) is 31.6 Å². The van der Waals surface area contributed by atoms with Crippen LogP contribution in [0, 0.1) is 11.3 Å². The number of hydrogen-bond acceptors (Lipinski definition) is 5. The standard InChI is InChI=1S/C21H17F3N4O/c22-21(23,24)20-17(13-25)19(28-10-8-26-9-11-28)16-12-15(6-7-18(16)27-20)29-14-4-2-1-3-5-14/h1-7,12,26H,8-11H2. The van der Waals surface area contributed by atoms with Gasteiger partial charge in [-0.15, -0.1) is 0 Å². The molecular weight excluding hydrogens is 381 g/mol. The van der Waals surface area contributed by atoms with Crippen LogP contribution < -0.4 is 15.0 Å². The average molecular weight is 398 g/mol. The van der Waals surface area contributed by atoms with E-state index in [2.05, 4.69) is 10.3 Å². The van der Waals surface area contributed by atoms with Gasteiger partial charge >= 0.3 is 6.18 Å². The van der Waals surface area contributed by atoms with E-state index in [0.717, 1.165) is 0 Å². The highest BCUT2D eigenvalue weighted by Crippen LogP contribution is 2.40. The van der Waals surface area contributed by atoms with Crippen molar-refractivity contribution in [3.05, 3.63) is 59.8 Å². The Hall–Kier alpha value is -3.31. The molecule has 1 fully saturated rings. The number of nitriles is 1. The summed E-state index contributed by atoms with van der Waals surface area (Å²) in [7, 11) is 0. The van der Waals surface area contributed by atoms with Gasteiger partial charge in [-0.2, -0.15) is 18.4 Å². The number of alkyl halides is 3. The first-order chi connectivity index (χ1) is 14.0. The molecule has 5 nitrogen and oxygen atoms in total. The number of ether oxygens (including phenoxy) is 1. The van der Waals surface area contributed by atoms with E-state index in [1.54, 1.807) is 35.2 Å². The number of hydrogen-bond donors (Lipinski definition) is 1. The van der Waals surface area contributed by atoms with Crippen LogP contribution in [0.3, 0.4) is 0 Å². The Morgan fingerprint density at radius 1 is 1.03 bits per heavy atom. The molecule has 1 saturated heterocycles. The Labute approximate surface area is 165 Å². The van der Waals surface area contributed by atoms with Crippen LogP contribution in [-0.4, -0.2) is 31.2 Å². The van der Waals surface area contributed by atoms with Gasteiger partial charge in [-0.3, -0.25) is 0 Å². The molecule has 1 aliphatic heterocycles. The van der Waals surface area contributed by atoms with Crippen molar-refractivity contribution >= 4 is 16.6 Å². The summed E-state index contributed by atoms with van der Waals surface area (Å²) in [6.45, 7) is 2.23. The molecule has 1 aliphatic rings. The number of anilines is 1. The van der Waals surface area contributed by atoms with Gasteiger partial charge in [0.15, 0.2) is 5.69 Å². The maximum atomic E-state index is 13.6. The first-order valence-electron chi connectivity index (χ1n) is 9.11. The lowest BCUT2D eigenvalue weighted by Crippen LogP contribution is -2.44. The highest BCUT2D eigenvalue weighted by atomic mass is 19.4. The SMILES string of the molecule is N#Cc1c(C(F)(F)F)nc2ccc(Oc3ccccc3)cc2c1N1CCNCC1. The van der Waals surface area contributed by atoms with Crippen molar-refractivity contribution in [2.24, 2.45) is 0 Å². The molecule has 2 aromatic carbocycles. The molecule has 148 valence electrons. The van der Waals surface area contributed by atoms with Crippen LogP contribution in [0.15, 0.2) is 48.5 Å². The Balaban J connectivity index is 1.91. The molecule has 0 saturated carbocycles. The predicted octanol–water partition coefficient (Wildman–Crippen LogP) is 4.33. The van der Waals surface area contributed by atoms with Crippen LogP contribution in [0.1, 0.15) is 11.3 Å². The minimum absolute atomic E-state index is 0.172. The molecule has 1 N–H and O–H groups in total. The molecular formula is C21H17F3N4O. The van der Waals surface area contributed by atoms with E-state index in [9.17, 15) is 18.4 Å². The second kappa shape index (κ2) is 7.60. The second-order valence-corrected chi connectivity index (χ2v) is 6.62. The molecule has 8 heteroatoms. The van der Waals surface area contributed by atoms with Crippen LogP contribution in [0.5, 0.6) is 11.5 Å². The molecule has 0 amide bonds. The third-order valence-electron chi connectivity index (χ3n) is 4.72. The number of benzene rings is 2. The monoisotopic (exact) mass is 398 g/mol. The van der Waals surface area contributed by atoms with E-state index in [4.69, 9.17) is 4.74 Å². The first kappa shape index (κ1) is 19.0. The van der Waals surface area contributed by atoms with Crippen molar-refractivity contribution < 1.29 is 17.9 Å². The lowest BCUT2D eigenvalue weighted by atomic mass is 10.0. The molecule has 1 aromatic heterocycles. The van der Waals surface area contributed by atoms with E-state index in [1.807, 2.05) is 18.2 Å². The number of piperazine rings is 1. The van der Waals surface area contributed by atoms with Gasteiger partial charge in [-0.25, -0.2) is 4.98 Å². The number of fused-ring (bicyclic) bond motifs is 1. The maximum Gasteiger partial charge on any atom is 0.434 e. The van der Waals surface area contributed by atoms with Crippen LogP contribution in [0.25, 0.3) is 10.9 Å². The summed E-state index contributed by atoms with van der Waals surface area (Å²) in [5.41, 5.74) is -1.18. The summed E-state index contributed by atoms with van der Waals surface area (Å²) in [4.78, 5) is 5.58. The molecule has 3 aromatic rings. The fourth-order valence-electron chi connectivity index (χ4n) is 3.44. The van der Waals surface area contributed by atoms with Crippen LogP contribution in [0.2, 0.25) is 0 Å². The number of nitrogens with one attached hydrogen (secondary N) is 1. The van der Waals surface area contributed by atoms with Gasteiger partial charge in [-0.05, 0) is 30.3 Å². The molecule has 0 unspecified atom stereocenters. The van der Waals surface area contributed by atoms with Gasteiger partial charge in [-0.1, -0.05) is 18.2 Å². The summed E-state index contributed by atoms with van der Waals surface area (Å²) < 4.78 is 46.7. The number of nitrogens with zero attached hydrogens (tertiary/aromatic N) is 3. The highest BCUT2D eigenvalue weighted by molar-refractivity contribution is 5.96. The number of para-hydroxylation sites is 1. The quantitative estimate of drug-likeness (QED) is 0.712. The lowest BCUT2D eigenvalue weighted by Gasteiger charge is -2.31. The zero-order valence-electron chi connectivity index (χ0n) is 15.3. The zero-order valence-corrected chi connectivity index (χ0v) is 15.3. The molecule has 0 atom stereocenters. The molecule has 0 bridgehead atoms. The summed E-state index contributed by atoms with van der Waals surface area (Å²) in [6, 6.07) is 15.5. The van der Waals surface area contributed by atoms with Crippen molar-refractivity contribution in [3.63, 3.8) is 0 Å². The molecule has 0 aliphatic carbocycles. The van der Waals surface area contributed by atoms with E-state index in [0.29, 0.717) is 43.1 Å². The lowest BCUT2D eigenvalue weighted by molar-refractivity contribution is -0.141. The van der Waals surface area contributed by atoms with Crippen molar-refractivity contribution in [1.29, 1.82) is 5.26 Å². The van der Waals surface area contributed by atoms with E-state index in [-0.39, 0.29) is 11.2 Å². The third kappa shape index (κ3) is 3.82. The van der Waals surface area contributed by atoms with E-state index >= 15 is 0 Å². The summed E-state index contributed by atoms with van der Waals surface area (Å²) in [5, 5.41) is 13.2. The normalized spacial score (nSPS) is 14.6. The van der Waals surface area contributed by atoms with Crippen molar-refractivity contribution in [2.75, 3.05) is 31.1 Å². The fraction of sp³-hybridized carbons (Fsp3) is 0.238.